The first-order chi connectivity index (χ1) is 13.5. The van der Waals surface area contributed by atoms with Crippen molar-refractivity contribution in [3.05, 3.63) is 70.9 Å². The van der Waals surface area contributed by atoms with Crippen molar-refractivity contribution in [3.63, 3.8) is 0 Å². The monoisotopic (exact) mass is 375 g/mol. The molecule has 0 unspecified atom stereocenters. The molecular formula is C23H25N3O2. The summed E-state index contributed by atoms with van der Waals surface area (Å²) >= 11 is 0. The number of amides is 2. The molecule has 3 aromatic rings. The van der Waals surface area contributed by atoms with Crippen LogP contribution in [0.25, 0.3) is 10.9 Å². The Hall–Kier alpha value is -3.08. The minimum atomic E-state index is -0.138. The Balaban J connectivity index is 1.74. The van der Waals surface area contributed by atoms with Gasteiger partial charge in [-0.05, 0) is 30.5 Å². The molecule has 1 aliphatic heterocycles. The molecule has 0 fully saturated rings. The molecular weight excluding hydrogens is 350 g/mol. The van der Waals surface area contributed by atoms with E-state index in [0.29, 0.717) is 19.5 Å². The molecule has 0 saturated heterocycles. The fraction of sp³-hybridized carbons (Fsp3) is 0.304. The predicted molar refractivity (Wildman–Crippen MR) is 110 cm³/mol. The van der Waals surface area contributed by atoms with Crippen LogP contribution in [0.3, 0.4) is 0 Å². The maximum absolute atomic E-state index is 13.0. The number of carbonyl (C=O) groups is 2. The molecule has 2 N–H and O–H groups in total. The molecule has 28 heavy (non-hydrogen) atoms. The van der Waals surface area contributed by atoms with E-state index in [9.17, 15) is 9.59 Å². The molecule has 0 spiro atoms. The molecule has 2 amide bonds. The summed E-state index contributed by atoms with van der Waals surface area (Å²) in [6.45, 7) is 4.58. The fourth-order valence-electron chi connectivity index (χ4n) is 4.19. The normalized spacial score (nSPS) is 16.1. The Labute approximate surface area is 164 Å². The highest BCUT2D eigenvalue weighted by Crippen LogP contribution is 2.38. The van der Waals surface area contributed by atoms with Crippen LogP contribution in [-0.2, 0) is 16.0 Å². The van der Waals surface area contributed by atoms with Crippen molar-refractivity contribution in [2.75, 3.05) is 13.1 Å². The third-order valence-electron chi connectivity index (χ3n) is 5.43. The third-order valence-corrected chi connectivity index (χ3v) is 5.43. The van der Waals surface area contributed by atoms with Gasteiger partial charge in [-0.1, -0.05) is 48.0 Å². The highest BCUT2D eigenvalue weighted by molar-refractivity contribution is 5.86. The van der Waals surface area contributed by atoms with Crippen LogP contribution in [-0.4, -0.2) is 34.8 Å². The average Bonchev–Trinajstić information content (AvgIpc) is 3.05. The van der Waals surface area contributed by atoms with Gasteiger partial charge in [0.15, 0.2) is 0 Å². The van der Waals surface area contributed by atoms with Crippen LogP contribution < -0.4 is 5.32 Å². The van der Waals surface area contributed by atoms with E-state index < -0.39 is 0 Å². The van der Waals surface area contributed by atoms with Crippen molar-refractivity contribution in [1.82, 2.24) is 15.2 Å². The van der Waals surface area contributed by atoms with Gasteiger partial charge < -0.3 is 15.2 Å². The van der Waals surface area contributed by atoms with Crippen LogP contribution in [0.15, 0.2) is 48.5 Å². The average molecular weight is 375 g/mol. The lowest BCUT2D eigenvalue weighted by atomic mass is 9.91. The number of rotatable bonds is 4. The first-order valence-corrected chi connectivity index (χ1v) is 9.74. The zero-order chi connectivity index (χ0) is 19.7. The summed E-state index contributed by atoms with van der Waals surface area (Å²) < 4.78 is 0. The van der Waals surface area contributed by atoms with Gasteiger partial charge in [-0.15, -0.1) is 0 Å². The number of hydrogen-bond donors (Lipinski definition) is 2. The molecule has 0 saturated carbocycles. The number of nitrogens with zero attached hydrogens (tertiary/aromatic N) is 1. The molecule has 4 rings (SSSR count). The first-order valence-electron chi connectivity index (χ1n) is 9.74. The van der Waals surface area contributed by atoms with Crippen molar-refractivity contribution in [3.8, 4) is 0 Å². The third kappa shape index (κ3) is 3.40. The first kappa shape index (κ1) is 18.3. The molecule has 5 heteroatoms. The van der Waals surface area contributed by atoms with E-state index in [2.05, 4.69) is 53.6 Å². The second-order valence-corrected chi connectivity index (χ2v) is 7.45. The van der Waals surface area contributed by atoms with Crippen LogP contribution in [0, 0.1) is 6.92 Å². The Morgan fingerprint density at radius 3 is 2.79 bits per heavy atom. The van der Waals surface area contributed by atoms with Gasteiger partial charge in [0, 0.05) is 43.0 Å². The summed E-state index contributed by atoms with van der Waals surface area (Å²) in [5.41, 5.74) is 5.79. The second kappa shape index (κ2) is 7.50. The number of fused-ring (bicyclic) bond motifs is 3. The van der Waals surface area contributed by atoms with E-state index in [0.717, 1.165) is 23.2 Å². The van der Waals surface area contributed by atoms with E-state index in [4.69, 9.17) is 0 Å². The Morgan fingerprint density at radius 2 is 2.00 bits per heavy atom. The highest BCUT2D eigenvalue weighted by atomic mass is 16.2. The standard InChI is InChI=1S/C23H25N3O2/c1-15-6-5-7-17(14-15)23-22-19(18-8-3-4-9-20(18)25-22)11-13-26(23)21(28)10-12-24-16(2)27/h3-9,14,23,25H,10-13H2,1-2H3,(H,24,27)/t23-/m1/s1. The number of nitrogens with one attached hydrogen (secondary N) is 2. The topological polar surface area (TPSA) is 65.2 Å². The van der Waals surface area contributed by atoms with Gasteiger partial charge in [-0.3, -0.25) is 9.59 Å². The molecule has 1 aliphatic rings. The van der Waals surface area contributed by atoms with E-state index >= 15 is 0 Å². The molecule has 0 aliphatic carbocycles. The van der Waals surface area contributed by atoms with Gasteiger partial charge >= 0.3 is 0 Å². The van der Waals surface area contributed by atoms with Crippen molar-refractivity contribution in [2.24, 2.45) is 0 Å². The lowest BCUT2D eigenvalue weighted by Gasteiger charge is -2.36. The lowest BCUT2D eigenvalue weighted by molar-refractivity contribution is -0.133. The SMILES string of the molecule is CC(=O)NCCC(=O)N1CCc2c([nH]c3ccccc23)[C@H]1c1cccc(C)c1. The highest BCUT2D eigenvalue weighted by Gasteiger charge is 2.34. The summed E-state index contributed by atoms with van der Waals surface area (Å²) in [7, 11) is 0. The van der Waals surface area contributed by atoms with Crippen molar-refractivity contribution < 1.29 is 9.59 Å². The molecule has 1 aromatic heterocycles. The van der Waals surface area contributed by atoms with Crippen molar-refractivity contribution in [2.45, 2.75) is 32.7 Å². The van der Waals surface area contributed by atoms with Crippen LogP contribution in [0.5, 0.6) is 0 Å². The van der Waals surface area contributed by atoms with E-state index in [1.54, 1.807) is 0 Å². The molecule has 2 heterocycles. The van der Waals surface area contributed by atoms with E-state index in [1.165, 1.54) is 23.4 Å². The minimum Gasteiger partial charge on any atom is -0.356 e. The van der Waals surface area contributed by atoms with Gasteiger partial charge in [0.2, 0.25) is 11.8 Å². The van der Waals surface area contributed by atoms with Crippen LogP contribution >= 0.6 is 0 Å². The van der Waals surface area contributed by atoms with Gasteiger partial charge in [0.25, 0.3) is 0 Å². The lowest BCUT2D eigenvalue weighted by Crippen LogP contribution is -2.41. The molecule has 1 atom stereocenters. The Kier molecular flexibility index (Phi) is 4.90. The summed E-state index contributed by atoms with van der Waals surface area (Å²) in [6, 6.07) is 16.5. The number of para-hydroxylation sites is 1. The van der Waals surface area contributed by atoms with Crippen molar-refractivity contribution >= 4 is 22.7 Å². The maximum Gasteiger partial charge on any atom is 0.225 e. The quantitative estimate of drug-likeness (QED) is 0.733. The summed E-state index contributed by atoms with van der Waals surface area (Å²) in [5, 5.41) is 3.96. The Bertz CT molecular complexity index is 1040. The van der Waals surface area contributed by atoms with Gasteiger partial charge in [0.05, 0.1) is 6.04 Å². The largest absolute Gasteiger partial charge is 0.356 e. The van der Waals surface area contributed by atoms with Gasteiger partial charge in [0.1, 0.15) is 0 Å². The number of carbonyl (C=O) groups excluding carboxylic acids is 2. The number of aromatic amines is 1. The summed E-state index contributed by atoms with van der Waals surface area (Å²) in [5.74, 6) is -0.0517. The van der Waals surface area contributed by atoms with Crippen molar-refractivity contribution in [1.29, 1.82) is 0 Å². The zero-order valence-electron chi connectivity index (χ0n) is 16.3. The fourth-order valence-corrected chi connectivity index (χ4v) is 4.19. The number of H-pyrrole nitrogens is 1. The molecule has 5 nitrogen and oxygen atoms in total. The predicted octanol–water partition coefficient (Wildman–Crippen LogP) is 3.48. The molecule has 144 valence electrons. The smallest absolute Gasteiger partial charge is 0.225 e. The second-order valence-electron chi connectivity index (χ2n) is 7.45. The van der Waals surface area contributed by atoms with Gasteiger partial charge in [-0.2, -0.15) is 0 Å². The minimum absolute atomic E-state index is 0.0598. The number of aryl methyl sites for hydroxylation is 1. The van der Waals surface area contributed by atoms with E-state index in [-0.39, 0.29) is 17.9 Å². The Morgan fingerprint density at radius 1 is 1.18 bits per heavy atom. The number of aromatic nitrogens is 1. The number of hydrogen-bond acceptors (Lipinski definition) is 2. The number of benzene rings is 2. The van der Waals surface area contributed by atoms with E-state index in [1.807, 2.05) is 17.0 Å². The maximum atomic E-state index is 13.0. The van der Waals surface area contributed by atoms with Gasteiger partial charge in [-0.25, -0.2) is 0 Å². The summed E-state index contributed by atoms with van der Waals surface area (Å²) in [4.78, 5) is 29.7. The van der Waals surface area contributed by atoms with Crippen LogP contribution in [0.1, 0.15) is 41.8 Å². The molecule has 0 radical (unpaired) electrons. The molecule has 0 bridgehead atoms. The van der Waals surface area contributed by atoms with Crippen LogP contribution in [0.2, 0.25) is 0 Å². The zero-order valence-corrected chi connectivity index (χ0v) is 16.3. The van der Waals surface area contributed by atoms with Crippen LogP contribution in [0.4, 0.5) is 0 Å². The molecule has 2 aromatic carbocycles. The summed E-state index contributed by atoms with van der Waals surface area (Å²) in [6.07, 6.45) is 1.13.